The number of halogens is 2. The molecule has 1 aromatic carbocycles. The molecule has 0 radical (unpaired) electrons. The number of carbonyl (C=O) groups excluding carboxylic acids is 1. The van der Waals surface area contributed by atoms with Crippen molar-refractivity contribution in [3.63, 3.8) is 0 Å². The molecule has 1 amide bonds. The summed E-state index contributed by atoms with van der Waals surface area (Å²) < 4.78 is 28.0. The van der Waals surface area contributed by atoms with Crippen LogP contribution in [0, 0.1) is 10.1 Å². The zero-order valence-electron chi connectivity index (χ0n) is 10.2. The first kappa shape index (κ1) is 15.8. The fourth-order valence-corrected chi connectivity index (χ4v) is 1.29. The van der Waals surface area contributed by atoms with Gasteiger partial charge in [-0.25, -0.2) is 8.78 Å². The van der Waals surface area contributed by atoms with Gasteiger partial charge in [-0.1, -0.05) is 0 Å². The van der Waals surface area contributed by atoms with Crippen molar-refractivity contribution in [2.75, 3.05) is 18.5 Å². The van der Waals surface area contributed by atoms with Gasteiger partial charge in [-0.3, -0.25) is 14.9 Å². The van der Waals surface area contributed by atoms with Gasteiger partial charge in [-0.2, -0.15) is 0 Å². The maximum absolute atomic E-state index is 11.7. The van der Waals surface area contributed by atoms with E-state index in [-0.39, 0.29) is 24.4 Å². The Morgan fingerprint density at radius 1 is 1.50 bits per heavy atom. The topological polar surface area (TPSA) is 102 Å². The van der Waals surface area contributed by atoms with E-state index in [0.717, 1.165) is 12.1 Å². The van der Waals surface area contributed by atoms with E-state index in [1.807, 2.05) is 0 Å². The Hall–Kier alpha value is -2.29. The summed E-state index contributed by atoms with van der Waals surface area (Å²) in [7, 11) is 0. The molecule has 0 aliphatic heterocycles. The molecule has 0 unspecified atom stereocenters. The van der Waals surface area contributed by atoms with E-state index in [2.05, 4.69) is 10.1 Å². The molecule has 7 nitrogen and oxygen atoms in total. The highest BCUT2D eigenvalue weighted by atomic mass is 19.3. The van der Waals surface area contributed by atoms with Crippen LogP contribution in [0.15, 0.2) is 18.2 Å². The van der Waals surface area contributed by atoms with Crippen LogP contribution in [0.2, 0.25) is 0 Å². The van der Waals surface area contributed by atoms with E-state index in [9.17, 15) is 28.8 Å². The van der Waals surface area contributed by atoms with Gasteiger partial charge in [0.25, 0.3) is 12.1 Å². The lowest BCUT2D eigenvalue weighted by atomic mass is 10.2. The Bertz CT molecular complexity index is 496. The third kappa shape index (κ3) is 5.14. The highest BCUT2D eigenvalue weighted by Crippen LogP contribution is 2.27. The number of aromatic hydroxyl groups is 1. The number of hydrogen-bond acceptors (Lipinski definition) is 5. The van der Waals surface area contributed by atoms with Crippen molar-refractivity contribution in [3.8, 4) is 5.75 Å². The van der Waals surface area contributed by atoms with Crippen LogP contribution >= 0.6 is 0 Å². The number of nitro groups is 1. The summed E-state index contributed by atoms with van der Waals surface area (Å²) in [4.78, 5) is 21.2. The number of ether oxygens (including phenoxy) is 1. The number of nitrogens with zero attached hydrogens (tertiary/aromatic N) is 1. The van der Waals surface area contributed by atoms with Crippen molar-refractivity contribution in [2.45, 2.75) is 12.8 Å². The number of anilines is 1. The number of nitro benzene ring substituents is 1. The van der Waals surface area contributed by atoms with Gasteiger partial charge in [0.1, 0.15) is 12.4 Å². The Morgan fingerprint density at radius 3 is 2.75 bits per heavy atom. The maximum atomic E-state index is 11.7. The molecule has 0 aliphatic rings. The molecule has 0 fully saturated rings. The summed E-state index contributed by atoms with van der Waals surface area (Å²) in [6.07, 6.45) is -2.78. The summed E-state index contributed by atoms with van der Waals surface area (Å²) in [6, 6.07) is 3.18. The predicted molar refractivity (Wildman–Crippen MR) is 64.8 cm³/mol. The Morgan fingerprint density at radius 2 is 2.20 bits per heavy atom. The zero-order chi connectivity index (χ0) is 15.1. The number of phenolic OH excluding ortho intramolecular Hbond substituents is 1. The molecular weight excluding hydrogens is 278 g/mol. The van der Waals surface area contributed by atoms with Crippen LogP contribution in [0.5, 0.6) is 5.75 Å². The van der Waals surface area contributed by atoms with E-state index in [1.165, 1.54) is 6.07 Å². The van der Waals surface area contributed by atoms with E-state index < -0.39 is 29.6 Å². The minimum atomic E-state index is -2.60. The Balaban J connectivity index is 2.48. The normalized spacial score (nSPS) is 10.6. The zero-order valence-corrected chi connectivity index (χ0v) is 10.2. The molecule has 0 heterocycles. The second kappa shape index (κ2) is 7.34. The lowest BCUT2D eigenvalue weighted by molar-refractivity contribution is -0.384. The van der Waals surface area contributed by atoms with Gasteiger partial charge in [-0.15, -0.1) is 0 Å². The molecule has 0 atom stereocenters. The van der Waals surface area contributed by atoms with Crippen molar-refractivity contribution in [3.05, 3.63) is 28.3 Å². The second-order valence-electron chi connectivity index (χ2n) is 3.72. The molecule has 2 N–H and O–H groups in total. The number of nitrogens with one attached hydrogen (secondary N) is 1. The summed E-state index contributed by atoms with van der Waals surface area (Å²) in [5.41, 5.74) is -0.324. The monoisotopic (exact) mass is 290 g/mol. The fourth-order valence-electron chi connectivity index (χ4n) is 1.29. The van der Waals surface area contributed by atoms with Crippen LogP contribution < -0.4 is 5.32 Å². The van der Waals surface area contributed by atoms with Crippen molar-refractivity contribution in [1.82, 2.24) is 0 Å². The molecule has 0 aliphatic carbocycles. The lowest BCUT2D eigenvalue weighted by Gasteiger charge is -2.07. The Labute approximate surface area is 112 Å². The largest absolute Gasteiger partial charge is 0.506 e. The van der Waals surface area contributed by atoms with Crippen molar-refractivity contribution < 1.29 is 28.3 Å². The molecule has 9 heteroatoms. The molecule has 1 aromatic rings. The number of hydrogen-bond donors (Lipinski definition) is 2. The van der Waals surface area contributed by atoms with Crippen LogP contribution in [0.25, 0.3) is 0 Å². The molecule has 0 spiro atoms. The van der Waals surface area contributed by atoms with Crippen molar-refractivity contribution >= 4 is 17.3 Å². The van der Waals surface area contributed by atoms with Crippen LogP contribution in [-0.2, 0) is 9.53 Å². The third-order valence-electron chi connectivity index (χ3n) is 2.18. The first-order valence-electron chi connectivity index (χ1n) is 5.53. The minimum absolute atomic E-state index is 0.00513. The molecule has 0 saturated heterocycles. The number of alkyl halides is 2. The maximum Gasteiger partial charge on any atom is 0.273 e. The predicted octanol–water partition coefficient (Wildman–Crippen LogP) is 1.91. The first-order chi connectivity index (χ1) is 9.40. The Kier molecular flexibility index (Phi) is 5.78. The van der Waals surface area contributed by atoms with Crippen LogP contribution in [0.3, 0.4) is 0 Å². The molecule has 0 aromatic heterocycles. The molecule has 0 bridgehead atoms. The van der Waals surface area contributed by atoms with Crippen LogP contribution in [0.1, 0.15) is 6.42 Å². The molecule has 110 valence electrons. The third-order valence-corrected chi connectivity index (χ3v) is 2.18. The van der Waals surface area contributed by atoms with E-state index >= 15 is 0 Å². The second-order valence-corrected chi connectivity index (χ2v) is 3.72. The average Bonchev–Trinajstić information content (AvgIpc) is 2.36. The SMILES string of the molecule is O=C(CCOCC(F)F)Nc1ccc([N+](=O)[O-])cc1O. The number of amides is 1. The first-order valence-corrected chi connectivity index (χ1v) is 5.53. The van der Waals surface area contributed by atoms with E-state index in [1.54, 1.807) is 0 Å². The summed E-state index contributed by atoms with van der Waals surface area (Å²) in [6.45, 7) is -0.944. The van der Waals surface area contributed by atoms with E-state index in [0.29, 0.717) is 0 Å². The standard InChI is InChI=1S/C11H12F2N2O5/c12-10(13)6-20-4-3-11(17)14-8-2-1-7(15(18)19)5-9(8)16/h1-2,5,10,16H,3-4,6H2,(H,14,17). The fraction of sp³-hybridized carbons (Fsp3) is 0.364. The highest BCUT2D eigenvalue weighted by molar-refractivity contribution is 5.92. The minimum Gasteiger partial charge on any atom is -0.506 e. The molecule has 1 rings (SSSR count). The number of phenols is 1. The lowest BCUT2D eigenvalue weighted by Crippen LogP contribution is -2.15. The van der Waals surface area contributed by atoms with Crippen molar-refractivity contribution in [2.24, 2.45) is 0 Å². The molecular formula is C11H12F2N2O5. The van der Waals surface area contributed by atoms with Gasteiger partial charge in [0, 0.05) is 6.07 Å². The molecule has 0 saturated carbocycles. The number of rotatable bonds is 7. The van der Waals surface area contributed by atoms with E-state index in [4.69, 9.17) is 0 Å². The average molecular weight is 290 g/mol. The smallest absolute Gasteiger partial charge is 0.273 e. The van der Waals surface area contributed by atoms with Crippen LogP contribution in [-0.4, -0.2) is 35.6 Å². The summed E-state index contributed by atoms with van der Waals surface area (Å²) in [5.74, 6) is -1.02. The highest BCUT2D eigenvalue weighted by Gasteiger charge is 2.12. The quantitative estimate of drug-likeness (QED) is 0.345. The van der Waals surface area contributed by atoms with Gasteiger partial charge in [0.05, 0.1) is 29.7 Å². The van der Waals surface area contributed by atoms with Gasteiger partial charge in [-0.05, 0) is 6.07 Å². The van der Waals surface area contributed by atoms with Gasteiger partial charge in [0.2, 0.25) is 5.91 Å². The number of carbonyl (C=O) groups is 1. The summed E-state index contributed by atoms with van der Waals surface area (Å²) >= 11 is 0. The molecule has 20 heavy (non-hydrogen) atoms. The summed E-state index contributed by atoms with van der Waals surface area (Å²) in [5, 5.41) is 22.2. The van der Waals surface area contributed by atoms with Crippen molar-refractivity contribution in [1.29, 1.82) is 0 Å². The van der Waals surface area contributed by atoms with Gasteiger partial charge < -0.3 is 15.2 Å². The number of benzene rings is 1. The van der Waals surface area contributed by atoms with Gasteiger partial charge >= 0.3 is 0 Å². The number of non-ortho nitro benzene ring substituents is 1. The van der Waals surface area contributed by atoms with Crippen LogP contribution in [0.4, 0.5) is 20.2 Å². The van der Waals surface area contributed by atoms with Gasteiger partial charge in [0.15, 0.2) is 0 Å².